The van der Waals surface area contributed by atoms with Gasteiger partial charge in [0.25, 0.3) is 17.7 Å². The number of carbonyl (C=O) groups excluding carboxylic acids is 3. The molecule has 2 aliphatic heterocycles. The summed E-state index contributed by atoms with van der Waals surface area (Å²) in [6.45, 7) is -0.262. The van der Waals surface area contributed by atoms with E-state index >= 15 is 0 Å². The van der Waals surface area contributed by atoms with Crippen LogP contribution < -0.4 is 14.5 Å². The molecule has 140 valence electrons. The molecule has 1 aromatic carbocycles. The second-order valence-corrected chi connectivity index (χ2v) is 6.35. The standard InChI is InChI=1S/C19H15FN2O4.H2O/c1-2-7-21-15-9-14(13(20)8-16(15)26-10-17(21)23)22-18(24)11-5-3-4-6-12(11)19(22)25;/h1,8-9H,3-7,10H2;1H2. The van der Waals surface area contributed by atoms with Crippen LogP contribution in [0.3, 0.4) is 0 Å². The van der Waals surface area contributed by atoms with Gasteiger partial charge in [-0.25, -0.2) is 9.29 Å². The number of fused-ring (bicyclic) bond motifs is 1. The highest BCUT2D eigenvalue weighted by Crippen LogP contribution is 2.41. The van der Waals surface area contributed by atoms with Gasteiger partial charge in [0, 0.05) is 17.2 Å². The SMILES string of the molecule is C#CCN1C(=O)COc2cc(F)c(N3C(=O)C4=C(CCCC4)C3=O)cc21.O. The third-order valence-corrected chi connectivity index (χ3v) is 4.85. The Hall–Kier alpha value is -3.18. The van der Waals surface area contributed by atoms with Crippen molar-refractivity contribution in [1.82, 2.24) is 0 Å². The molecule has 0 fully saturated rings. The van der Waals surface area contributed by atoms with Crippen LogP contribution in [0.15, 0.2) is 23.3 Å². The fraction of sp³-hybridized carbons (Fsp3) is 0.316. The van der Waals surface area contributed by atoms with Gasteiger partial charge >= 0.3 is 0 Å². The first-order valence-electron chi connectivity index (χ1n) is 8.34. The Labute approximate surface area is 154 Å². The normalized spacial score (nSPS) is 18.6. The van der Waals surface area contributed by atoms with Crippen molar-refractivity contribution in [1.29, 1.82) is 0 Å². The van der Waals surface area contributed by atoms with Crippen molar-refractivity contribution in [2.45, 2.75) is 25.7 Å². The van der Waals surface area contributed by atoms with Crippen LogP contribution in [0.1, 0.15) is 25.7 Å². The van der Waals surface area contributed by atoms with Gasteiger partial charge in [-0.3, -0.25) is 19.3 Å². The molecule has 0 spiro atoms. The van der Waals surface area contributed by atoms with E-state index in [4.69, 9.17) is 11.2 Å². The minimum atomic E-state index is -0.764. The number of imide groups is 1. The van der Waals surface area contributed by atoms with Gasteiger partial charge < -0.3 is 10.2 Å². The maximum absolute atomic E-state index is 14.7. The van der Waals surface area contributed by atoms with E-state index in [2.05, 4.69) is 5.92 Å². The number of ether oxygens (including phenoxy) is 1. The van der Waals surface area contributed by atoms with E-state index in [-0.39, 0.29) is 41.7 Å². The number of anilines is 2. The molecule has 0 saturated carbocycles. The highest BCUT2D eigenvalue weighted by Gasteiger charge is 2.41. The van der Waals surface area contributed by atoms with E-state index in [1.807, 2.05) is 0 Å². The highest BCUT2D eigenvalue weighted by atomic mass is 19.1. The van der Waals surface area contributed by atoms with Crippen LogP contribution in [0.4, 0.5) is 15.8 Å². The van der Waals surface area contributed by atoms with E-state index < -0.39 is 17.6 Å². The molecule has 8 heteroatoms. The Morgan fingerprint density at radius 1 is 1.07 bits per heavy atom. The Morgan fingerprint density at radius 3 is 2.30 bits per heavy atom. The molecule has 2 N–H and O–H groups in total. The summed E-state index contributed by atoms with van der Waals surface area (Å²) in [5, 5.41) is 0. The van der Waals surface area contributed by atoms with Gasteiger partial charge in [-0.2, -0.15) is 0 Å². The Balaban J connectivity index is 0.00000210. The number of halogens is 1. The average Bonchev–Trinajstić information content (AvgIpc) is 2.89. The summed E-state index contributed by atoms with van der Waals surface area (Å²) in [5.41, 5.74) is 0.992. The largest absolute Gasteiger partial charge is 0.481 e. The van der Waals surface area contributed by atoms with Gasteiger partial charge in [0.1, 0.15) is 5.75 Å². The molecule has 1 aliphatic carbocycles. The number of amides is 3. The molecular weight excluding hydrogens is 355 g/mol. The van der Waals surface area contributed by atoms with Crippen molar-refractivity contribution in [2.24, 2.45) is 0 Å². The second-order valence-electron chi connectivity index (χ2n) is 6.35. The average molecular weight is 372 g/mol. The minimum Gasteiger partial charge on any atom is -0.481 e. The van der Waals surface area contributed by atoms with Crippen molar-refractivity contribution >= 4 is 29.1 Å². The molecular formula is C19H17FN2O5. The Morgan fingerprint density at radius 2 is 1.70 bits per heavy atom. The number of nitrogens with zero attached hydrogens (tertiary/aromatic N) is 2. The predicted molar refractivity (Wildman–Crippen MR) is 94.7 cm³/mol. The molecule has 0 atom stereocenters. The van der Waals surface area contributed by atoms with Gasteiger partial charge in [-0.15, -0.1) is 6.42 Å². The smallest absolute Gasteiger partial charge is 0.265 e. The number of hydrogen-bond acceptors (Lipinski definition) is 4. The lowest BCUT2D eigenvalue weighted by atomic mass is 9.93. The summed E-state index contributed by atoms with van der Waals surface area (Å²) < 4.78 is 19.9. The molecule has 0 radical (unpaired) electrons. The maximum atomic E-state index is 14.7. The molecule has 2 heterocycles. The summed E-state index contributed by atoms with van der Waals surface area (Å²) >= 11 is 0. The predicted octanol–water partition coefficient (Wildman–Crippen LogP) is 1.10. The molecule has 3 aliphatic rings. The molecule has 0 aromatic heterocycles. The van der Waals surface area contributed by atoms with E-state index in [9.17, 15) is 18.8 Å². The van der Waals surface area contributed by atoms with Crippen molar-refractivity contribution in [2.75, 3.05) is 23.0 Å². The van der Waals surface area contributed by atoms with Gasteiger partial charge in [0.15, 0.2) is 12.4 Å². The van der Waals surface area contributed by atoms with Crippen LogP contribution >= 0.6 is 0 Å². The maximum Gasteiger partial charge on any atom is 0.265 e. The fourth-order valence-corrected chi connectivity index (χ4v) is 3.61. The van der Waals surface area contributed by atoms with Crippen molar-refractivity contribution in [3.8, 4) is 18.1 Å². The zero-order valence-corrected chi connectivity index (χ0v) is 14.4. The van der Waals surface area contributed by atoms with Crippen LogP contribution in [0.2, 0.25) is 0 Å². The van der Waals surface area contributed by atoms with Crippen LogP contribution in [0, 0.1) is 18.2 Å². The van der Waals surface area contributed by atoms with Crippen molar-refractivity contribution in [3.63, 3.8) is 0 Å². The monoisotopic (exact) mass is 372 g/mol. The molecule has 0 bridgehead atoms. The van der Waals surface area contributed by atoms with Crippen LogP contribution in [-0.2, 0) is 14.4 Å². The van der Waals surface area contributed by atoms with Crippen LogP contribution in [0.25, 0.3) is 0 Å². The summed E-state index contributed by atoms with van der Waals surface area (Å²) in [4.78, 5) is 39.5. The highest BCUT2D eigenvalue weighted by molar-refractivity contribution is 6.33. The van der Waals surface area contributed by atoms with E-state index in [0.717, 1.165) is 23.8 Å². The number of benzene rings is 1. The lowest BCUT2D eigenvalue weighted by molar-refractivity contribution is -0.121. The molecule has 3 amide bonds. The lowest BCUT2D eigenvalue weighted by Crippen LogP contribution is -2.39. The van der Waals surface area contributed by atoms with Gasteiger partial charge in [0.05, 0.1) is 17.9 Å². The molecule has 1 aromatic rings. The van der Waals surface area contributed by atoms with E-state index in [1.54, 1.807) is 0 Å². The summed E-state index contributed by atoms with van der Waals surface area (Å²) in [6, 6.07) is 2.37. The van der Waals surface area contributed by atoms with E-state index in [0.29, 0.717) is 24.0 Å². The first-order chi connectivity index (χ1) is 12.5. The molecule has 27 heavy (non-hydrogen) atoms. The first kappa shape index (κ1) is 18.6. The van der Waals surface area contributed by atoms with Gasteiger partial charge in [-0.1, -0.05) is 5.92 Å². The summed E-state index contributed by atoms with van der Waals surface area (Å²) in [5.74, 6) is 0.406. The van der Waals surface area contributed by atoms with Crippen LogP contribution in [-0.4, -0.2) is 36.3 Å². The Kier molecular flexibility index (Phi) is 4.72. The van der Waals surface area contributed by atoms with Crippen LogP contribution in [0.5, 0.6) is 5.75 Å². The number of terminal acetylenes is 1. The molecule has 0 unspecified atom stereocenters. The minimum absolute atomic E-state index is 0. The molecule has 4 rings (SSSR count). The quantitative estimate of drug-likeness (QED) is 0.573. The third-order valence-electron chi connectivity index (χ3n) is 4.85. The van der Waals surface area contributed by atoms with Gasteiger partial charge in [0.2, 0.25) is 0 Å². The Bertz CT molecular complexity index is 903. The first-order valence-corrected chi connectivity index (χ1v) is 8.34. The van der Waals surface area contributed by atoms with Gasteiger partial charge in [-0.05, 0) is 31.7 Å². The topological polar surface area (TPSA) is 98.4 Å². The van der Waals surface area contributed by atoms with Crippen molar-refractivity contribution in [3.05, 3.63) is 29.1 Å². The summed E-state index contributed by atoms with van der Waals surface area (Å²) in [7, 11) is 0. The zero-order valence-electron chi connectivity index (χ0n) is 14.4. The molecule has 7 nitrogen and oxygen atoms in total. The van der Waals surface area contributed by atoms with Crippen molar-refractivity contribution < 1.29 is 29.0 Å². The lowest BCUT2D eigenvalue weighted by Gasteiger charge is -2.29. The number of hydrogen-bond donors (Lipinski definition) is 0. The summed E-state index contributed by atoms with van der Waals surface area (Å²) in [6.07, 6.45) is 8.01. The molecule has 0 saturated heterocycles. The number of carbonyl (C=O) groups is 3. The third kappa shape index (κ3) is 2.76. The second kappa shape index (κ2) is 6.85. The zero-order chi connectivity index (χ0) is 18.4. The fourth-order valence-electron chi connectivity index (χ4n) is 3.61. The number of rotatable bonds is 2. The van der Waals surface area contributed by atoms with E-state index in [1.165, 1.54) is 11.0 Å².